The van der Waals surface area contributed by atoms with Crippen LogP contribution >= 0.6 is 11.6 Å². The summed E-state index contributed by atoms with van der Waals surface area (Å²) in [4.78, 5) is 41.8. The van der Waals surface area contributed by atoms with Gasteiger partial charge in [0.05, 0.1) is 31.0 Å². The molecule has 3 atom stereocenters. The van der Waals surface area contributed by atoms with Crippen LogP contribution in [0, 0.1) is 11.8 Å². The van der Waals surface area contributed by atoms with Crippen molar-refractivity contribution >= 4 is 29.4 Å². The number of fused-ring (bicyclic) bond motifs is 1. The number of likely N-dealkylation sites (tertiary alicyclic amines) is 1. The molecule has 5 rings (SSSR count). The molecule has 172 valence electrons. The molecule has 2 heterocycles. The van der Waals surface area contributed by atoms with Crippen molar-refractivity contribution in [3.8, 4) is 0 Å². The van der Waals surface area contributed by atoms with Gasteiger partial charge in [0.2, 0.25) is 11.8 Å². The van der Waals surface area contributed by atoms with Crippen LogP contribution in [0.1, 0.15) is 16.7 Å². The van der Waals surface area contributed by atoms with Gasteiger partial charge in [0.1, 0.15) is 6.04 Å². The molecule has 0 unspecified atom stereocenters. The molecule has 0 saturated carbocycles. The fourth-order valence-corrected chi connectivity index (χ4v) is 5.45. The maximum absolute atomic E-state index is 14.0. The highest BCUT2D eigenvalue weighted by atomic mass is 35.5. The van der Waals surface area contributed by atoms with E-state index in [1.807, 2.05) is 60.7 Å². The van der Waals surface area contributed by atoms with Crippen molar-refractivity contribution in [3.05, 3.63) is 107 Å². The highest BCUT2D eigenvalue weighted by Gasteiger charge is 2.68. The number of amides is 2. The van der Waals surface area contributed by atoms with Gasteiger partial charge >= 0.3 is 5.97 Å². The largest absolute Gasteiger partial charge is 0.468 e. The van der Waals surface area contributed by atoms with Crippen LogP contribution in [-0.4, -0.2) is 35.8 Å². The van der Waals surface area contributed by atoms with Gasteiger partial charge in [0.25, 0.3) is 0 Å². The fourth-order valence-electron chi connectivity index (χ4n) is 5.32. The number of imide groups is 1. The predicted molar refractivity (Wildman–Crippen MR) is 127 cm³/mol. The van der Waals surface area contributed by atoms with E-state index in [-0.39, 0.29) is 18.4 Å². The Kier molecular flexibility index (Phi) is 5.71. The molecule has 2 saturated heterocycles. The summed E-state index contributed by atoms with van der Waals surface area (Å²) in [6, 6.07) is 25.0. The van der Waals surface area contributed by atoms with E-state index in [1.165, 1.54) is 12.0 Å². The van der Waals surface area contributed by atoms with Crippen LogP contribution in [0.2, 0.25) is 5.02 Å². The SMILES string of the molecule is COC(=O)[C@@H]1NC(c2ccccc2)(c2ccccc2)[C@@H]2C(=O)N(Cc3ccc(Cl)cc3)C(=O)[C@H]21. The number of ether oxygens (including phenoxy) is 1. The number of carbonyl (C=O) groups is 3. The van der Waals surface area contributed by atoms with Gasteiger partial charge in [-0.05, 0) is 28.8 Å². The van der Waals surface area contributed by atoms with Crippen LogP contribution < -0.4 is 5.32 Å². The summed E-state index contributed by atoms with van der Waals surface area (Å²) in [7, 11) is 1.29. The van der Waals surface area contributed by atoms with Gasteiger partial charge < -0.3 is 4.74 Å². The number of nitrogens with one attached hydrogen (secondary N) is 1. The first-order valence-corrected chi connectivity index (χ1v) is 11.4. The number of hydrogen-bond acceptors (Lipinski definition) is 5. The number of benzene rings is 3. The van der Waals surface area contributed by atoms with Crippen LogP contribution in [-0.2, 0) is 31.2 Å². The summed E-state index contributed by atoms with van der Waals surface area (Å²) in [5.41, 5.74) is 1.31. The van der Waals surface area contributed by atoms with Crippen LogP contribution in [0.5, 0.6) is 0 Å². The van der Waals surface area contributed by atoms with E-state index in [4.69, 9.17) is 16.3 Å². The Morgan fingerprint density at radius 2 is 1.47 bits per heavy atom. The van der Waals surface area contributed by atoms with Gasteiger partial charge in [0.15, 0.2) is 0 Å². The van der Waals surface area contributed by atoms with Crippen LogP contribution in [0.15, 0.2) is 84.9 Å². The molecule has 1 N–H and O–H groups in total. The molecule has 2 amide bonds. The second-order valence-electron chi connectivity index (χ2n) is 8.58. The first-order chi connectivity index (χ1) is 16.5. The van der Waals surface area contributed by atoms with Crippen LogP contribution in [0.3, 0.4) is 0 Å². The van der Waals surface area contributed by atoms with Crippen molar-refractivity contribution in [3.63, 3.8) is 0 Å². The molecule has 2 aliphatic rings. The number of rotatable bonds is 5. The third-order valence-electron chi connectivity index (χ3n) is 6.82. The molecule has 0 bridgehead atoms. The zero-order chi connectivity index (χ0) is 23.9. The summed E-state index contributed by atoms with van der Waals surface area (Å²) in [6.07, 6.45) is 0. The van der Waals surface area contributed by atoms with Crippen molar-refractivity contribution in [2.24, 2.45) is 11.8 Å². The zero-order valence-electron chi connectivity index (χ0n) is 18.5. The van der Waals surface area contributed by atoms with E-state index in [9.17, 15) is 14.4 Å². The van der Waals surface area contributed by atoms with Gasteiger partial charge in [-0.25, -0.2) is 0 Å². The summed E-state index contributed by atoms with van der Waals surface area (Å²) in [6.45, 7) is 0.107. The second-order valence-corrected chi connectivity index (χ2v) is 9.01. The van der Waals surface area contributed by atoms with Gasteiger partial charge in [-0.1, -0.05) is 84.4 Å². The zero-order valence-corrected chi connectivity index (χ0v) is 19.2. The predicted octanol–water partition coefficient (Wildman–Crippen LogP) is 3.53. The maximum Gasteiger partial charge on any atom is 0.323 e. The summed E-state index contributed by atoms with van der Waals surface area (Å²) >= 11 is 6.00. The summed E-state index contributed by atoms with van der Waals surface area (Å²) in [5, 5.41) is 3.95. The molecule has 0 aliphatic carbocycles. The molecule has 2 aliphatic heterocycles. The topological polar surface area (TPSA) is 75.7 Å². The summed E-state index contributed by atoms with van der Waals surface area (Å²) in [5.74, 6) is -3.00. The number of halogens is 1. The molecule has 7 heteroatoms. The quantitative estimate of drug-likeness (QED) is 0.452. The molecule has 0 spiro atoms. The van der Waals surface area contributed by atoms with Crippen molar-refractivity contribution in [2.45, 2.75) is 18.1 Å². The Morgan fingerprint density at radius 1 is 0.912 bits per heavy atom. The van der Waals surface area contributed by atoms with E-state index in [0.29, 0.717) is 5.02 Å². The third kappa shape index (κ3) is 3.42. The Balaban J connectivity index is 1.66. The molecule has 6 nitrogen and oxygen atoms in total. The van der Waals surface area contributed by atoms with Crippen molar-refractivity contribution in [1.29, 1.82) is 0 Å². The smallest absolute Gasteiger partial charge is 0.323 e. The summed E-state index contributed by atoms with van der Waals surface area (Å²) < 4.78 is 5.06. The monoisotopic (exact) mass is 474 g/mol. The molecular formula is C27H23ClN2O4. The average molecular weight is 475 g/mol. The number of methoxy groups -OCH3 is 1. The van der Waals surface area contributed by atoms with E-state index < -0.39 is 29.4 Å². The molecule has 2 fully saturated rings. The van der Waals surface area contributed by atoms with Crippen molar-refractivity contribution in [2.75, 3.05) is 7.11 Å². The molecular weight excluding hydrogens is 452 g/mol. The standard InChI is InChI=1S/C27H23ClN2O4/c1-34-26(33)23-21-22(25(32)30(24(21)31)16-17-12-14-20(28)15-13-17)27(29-23,18-8-4-2-5-9-18)19-10-6-3-7-11-19/h2-15,21-23,29H,16H2,1H3/t21-,22+,23-/m1/s1. The lowest BCUT2D eigenvalue weighted by atomic mass is 9.72. The first-order valence-electron chi connectivity index (χ1n) is 11.0. The normalized spacial score (nSPS) is 23.1. The molecule has 3 aromatic carbocycles. The molecule has 3 aromatic rings. The number of carbonyl (C=O) groups excluding carboxylic acids is 3. The van der Waals surface area contributed by atoms with Crippen LogP contribution in [0.4, 0.5) is 0 Å². The number of hydrogen-bond donors (Lipinski definition) is 1. The Bertz CT molecular complexity index is 1190. The Morgan fingerprint density at radius 3 is 2.00 bits per heavy atom. The van der Waals surface area contributed by atoms with Gasteiger partial charge in [-0.3, -0.25) is 24.6 Å². The van der Waals surface area contributed by atoms with Gasteiger partial charge in [-0.2, -0.15) is 0 Å². The van der Waals surface area contributed by atoms with E-state index >= 15 is 0 Å². The molecule has 0 radical (unpaired) electrons. The number of esters is 1. The lowest BCUT2D eigenvalue weighted by Gasteiger charge is -2.36. The maximum atomic E-state index is 14.0. The van der Waals surface area contributed by atoms with E-state index in [1.54, 1.807) is 24.3 Å². The van der Waals surface area contributed by atoms with Crippen molar-refractivity contribution in [1.82, 2.24) is 10.2 Å². The molecule has 0 aromatic heterocycles. The highest BCUT2D eigenvalue weighted by molar-refractivity contribution is 6.30. The molecule has 34 heavy (non-hydrogen) atoms. The van der Waals surface area contributed by atoms with Gasteiger partial charge in [0, 0.05) is 5.02 Å². The Hall–Kier alpha value is -3.48. The Labute approximate surface area is 202 Å². The van der Waals surface area contributed by atoms with Crippen molar-refractivity contribution < 1.29 is 19.1 Å². The van der Waals surface area contributed by atoms with Gasteiger partial charge in [-0.15, -0.1) is 0 Å². The lowest BCUT2D eigenvalue weighted by molar-refractivity contribution is -0.148. The van der Waals surface area contributed by atoms with E-state index in [2.05, 4.69) is 5.32 Å². The fraction of sp³-hybridized carbons (Fsp3) is 0.222. The minimum absolute atomic E-state index is 0.107. The highest BCUT2D eigenvalue weighted by Crippen LogP contribution is 2.51. The van der Waals surface area contributed by atoms with Crippen LogP contribution in [0.25, 0.3) is 0 Å². The lowest BCUT2D eigenvalue weighted by Crippen LogP contribution is -2.51. The average Bonchev–Trinajstić information content (AvgIpc) is 3.36. The first kappa shape index (κ1) is 22.3. The minimum atomic E-state index is -1.08. The third-order valence-corrected chi connectivity index (χ3v) is 7.07. The minimum Gasteiger partial charge on any atom is -0.468 e. The number of nitrogens with zero attached hydrogens (tertiary/aromatic N) is 1. The van der Waals surface area contributed by atoms with E-state index in [0.717, 1.165) is 16.7 Å². The second kappa shape index (κ2) is 8.70.